The van der Waals surface area contributed by atoms with Crippen LogP contribution >= 0.6 is 0 Å². The van der Waals surface area contributed by atoms with Crippen LogP contribution in [0.2, 0.25) is 0 Å². The van der Waals surface area contributed by atoms with E-state index in [1.54, 1.807) is 0 Å². The first-order valence-corrected chi connectivity index (χ1v) is 5.57. The van der Waals surface area contributed by atoms with E-state index in [0.717, 1.165) is 0 Å². The molecule has 0 saturated carbocycles. The van der Waals surface area contributed by atoms with Gasteiger partial charge in [0, 0.05) is 13.0 Å². The maximum atomic E-state index is 11.4. The summed E-state index contributed by atoms with van der Waals surface area (Å²) < 4.78 is 5.02. The summed E-state index contributed by atoms with van der Waals surface area (Å²) in [5, 5.41) is 11.4. The molecule has 1 unspecified atom stereocenters. The van der Waals surface area contributed by atoms with Crippen molar-refractivity contribution >= 4 is 11.9 Å². The van der Waals surface area contributed by atoms with Gasteiger partial charge in [-0.2, -0.15) is 0 Å². The number of carbonyl (C=O) groups excluding carboxylic acids is 1. The van der Waals surface area contributed by atoms with Crippen LogP contribution in [0.1, 0.15) is 33.6 Å². The van der Waals surface area contributed by atoms with E-state index in [2.05, 4.69) is 5.32 Å². The van der Waals surface area contributed by atoms with Gasteiger partial charge in [-0.25, -0.2) is 4.79 Å². The molecule has 0 saturated heterocycles. The number of nitrogens with one attached hydrogen (secondary N) is 1. The third-order valence-corrected chi connectivity index (χ3v) is 2.02. The maximum Gasteiger partial charge on any atom is 0.326 e. The lowest BCUT2D eigenvalue weighted by Gasteiger charge is -2.16. The smallest absolute Gasteiger partial charge is 0.326 e. The molecule has 0 aliphatic carbocycles. The van der Waals surface area contributed by atoms with Crippen LogP contribution in [-0.4, -0.2) is 36.2 Å². The number of rotatable bonds is 8. The van der Waals surface area contributed by atoms with E-state index in [1.165, 1.54) is 0 Å². The van der Waals surface area contributed by atoms with Gasteiger partial charge in [-0.1, -0.05) is 13.8 Å². The van der Waals surface area contributed by atoms with Crippen molar-refractivity contribution in [3.63, 3.8) is 0 Å². The summed E-state index contributed by atoms with van der Waals surface area (Å²) in [6, 6.07) is -0.797. The lowest BCUT2D eigenvalue weighted by Crippen LogP contribution is -2.41. The summed E-state index contributed by atoms with van der Waals surface area (Å²) in [5.74, 6) is -1.03. The monoisotopic (exact) mass is 231 g/mol. The van der Waals surface area contributed by atoms with E-state index in [9.17, 15) is 9.59 Å². The molecule has 0 bridgehead atoms. The van der Waals surface area contributed by atoms with Crippen LogP contribution in [0, 0.1) is 5.92 Å². The summed E-state index contributed by atoms with van der Waals surface area (Å²) in [6.45, 7) is 6.57. The fourth-order valence-electron chi connectivity index (χ4n) is 1.27. The van der Waals surface area contributed by atoms with Gasteiger partial charge in [0.2, 0.25) is 5.91 Å². The molecule has 0 rings (SSSR count). The molecule has 0 aliphatic heterocycles. The van der Waals surface area contributed by atoms with Gasteiger partial charge < -0.3 is 15.2 Å². The van der Waals surface area contributed by atoms with Gasteiger partial charge in [0.15, 0.2) is 0 Å². The van der Waals surface area contributed by atoms with Gasteiger partial charge >= 0.3 is 5.97 Å². The van der Waals surface area contributed by atoms with E-state index in [1.807, 2.05) is 20.8 Å². The van der Waals surface area contributed by atoms with Crippen molar-refractivity contribution in [2.24, 2.45) is 5.92 Å². The highest BCUT2D eigenvalue weighted by molar-refractivity contribution is 5.83. The molecule has 0 spiro atoms. The first kappa shape index (κ1) is 14.9. The molecule has 5 nitrogen and oxygen atoms in total. The molecule has 0 aromatic carbocycles. The Hall–Kier alpha value is -1.10. The van der Waals surface area contributed by atoms with Crippen LogP contribution in [0.3, 0.4) is 0 Å². The van der Waals surface area contributed by atoms with Gasteiger partial charge in [-0.15, -0.1) is 0 Å². The molecule has 1 amide bonds. The van der Waals surface area contributed by atoms with Crippen molar-refractivity contribution in [3.05, 3.63) is 0 Å². The largest absolute Gasteiger partial charge is 0.480 e. The van der Waals surface area contributed by atoms with E-state index in [-0.39, 0.29) is 18.2 Å². The Bertz CT molecular complexity index is 228. The second kappa shape index (κ2) is 8.10. The molecule has 0 aromatic rings. The van der Waals surface area contributed by atoms with Crippen LogP contribution in [0.15, 0.2) is 0 Å². The zero-order valence-corrected chi connectivity index (χ0v) is 10.2. The highest BCUT2D eigenvalue weighted by Crippen LogP contribution is 2.05. The van der Waals surface area contributed by atoms with E-state index in [0.29, 0.717) is 19.6 Å². The third-order valence-electron chi connectivity index (χ3n) is 2.02. The predicted octanol–water partition coefficient (Wildman–Crippen LogP) is 1.03. The van der Waals surface area contributed by atoms with Crippen LogP contribution in [0.25, 0.3) is 0 Å². The first-order chi connectivity index (χ1) is 7.47. The van der Waals surface area contributed by atoms with Gasteiger partial charge in [0.1, 0.15) is 6.04 Å². The fraction of sp³-hybridized carbons (Fsp3) is 0.818. The number of amides is 1. The summed E-state index contributed by atoms with van der Waals surface area (Å²) in [6.07, 6.45) is 0.644. The summed E-state index contributed by atoms with van der Waals surface area (Å²) in [7, 11) is 0. The summed E-state index contributed by atoms with van der Waals surface area (Å²) in [5.41, 5.74) is 0. The summed E-state index contributed by atoms with van der Waals surface area (Å²) in [4.78, 5) is 22.2. The molecular weight excluding hydrogens is 210 g/mol. The van der Waals surface area contributed by atoms with Gasteiger partial charge in [-0.05, 0) is 19.3 Å². The number of hydrogen-bond acceptors (Lipinski definition) is 3. The lowest BCUT2D eigenvalue weighted by atomic mass is 10.0. The Morgan fingerprint density at radius 2 is 2.00 bits per heavy atom. The second-order valence-corrected chi connectivity index (χ2v) is 4.03. The number of carbonyl (C=O) groups is 2. The highest BCUT2D eigenvalue weighted by Gasteiger charge is 2.20. The second-order valence-electron chi connectivity index (χ2n) is 4.03. The van der Waals surface area contributed by atoms with Crippen molar-refractivity contribution in [1.82, 2.24) is 5.32 Å². The number of aliphatic carboxylic acids is 1. The minimum atomic E-state index is -0.988. The molecule has 0 radical (unpaired) electrons. The molecule has 0 aliphatic rings. The molecule has 0 fully saturated rings. The number of ether oxygens (including phenoxy) is 1. The fourth-order valence-corrected chi connectivity index (χ4v) is 1.27. The highest BCUT2D eigenvalue weighted by atomic mass is 16.5. The van der Waals surface area contributed by atoms with Crippen LogP contribution < -0.4 is 5.32 Å². The van der Waals surface area contributed by atoms with Crippen molar-refractivity contribution in [3.8, 4) is 0 Å². The SMILES string of the molecule is CCOCCC(=O)NC(CC(C)C)C(=O)O. The van der Waals surface area contributed by atoms with Crippen LogP contribution in [0.5, 0.6) is 0 Å². The topological polar surface area (TPSA) is 75.6 Å². The molecule has 2 N–H and O–H groups in total. The van der Waals surface area contributed by atoms with Gasteiger partial charge in [0.05, 0.1) is 6.61 Å². The molecule has 94 valence electrons. The standard InChI is InChI=1S/C11H21NO4/c1-4-16-6-5-10(13)12-9(11(14)15)7-8(2)3/h8-9H,4-7H2,1-3H3,(H,12,13)(H,14,15). The van der Waals surface area contributed by atoms with Gasteiger partial charge in [-0.3, -0.25) is 4.79 Å². The third kappa shape index (κ3) is 7.23. The number of carboxylic acids is 1. The molecule has 1 atom stereocenters. The Morgan fingerprint density at radius 3 is 2.44 bits per heavy atom. The minimum absolute atomic E-state index is 0.204. The minimum Gasteiger partial charge on any atom is -0.480 e. The Morgan fingerprint density at radius 1 is 1.38 bits per heavy atom. The normalized spacial score (nSPS) is 12.5. The molecule has 16 heavy (non-hydrogen) atoms. The molecule has 5 heteroatoms. The average molecular weight is 231 g/mol. The maximum absolute atomic E-state index is 11.4. The van der Waals surface area contributed by atoms with Crippen LogP contribution in [-0.2, 0) is 14.3 Å². The number of hydrogen-bond donors (Lipinski definition) is 2. The zero-order chi connectivity index (χ0) is 12.6. The average Bonchev–Trinajstić information content (AvgIpc) is 2.16. The van der Waals surface area contributed by atoms with Crippen molar-refractivity contribution < 1.29 is 19.4 Å². The van der Waals surface area contributed by atoms with E-state index in [4.69, 9.17) is 9.84 Å². The quantitative estimate of drug-likeness (QED) is 0.612. The Kier molecular flexibility index (Phi) is 7.54. The zero-order valence-electron chi connectivity index (χ0n) is 10.2. The Labute approximate surface area is 96.2 Å². The van der Waals surface area contributed by atoms with Crippen molar-refractivity contribution in [2.75, 3.05) is 13.2 Å². The lowest BCUT2D eigenvalue weighted by molar-refractivity contribution is -0.142. The van der Waals surface area contributed by atoms with Crippen molar-refractivity contribution in [2.45, 2.75) is 39.7 Å². The number of carboxylic acid groups (broad SMARTS) is 1. The van der Waals surface area contributed by atoms with Gasteiger partial charge in [0.25, 0.3) is 0 Å². The Balaban J connectivity index is 3.98. The van der Waals surface area contributed by atoms with Crippen molar-refractivity contribution in [1.29, 1.82) is 0 Å². The van der Waals surface area contributed by atoms with Crippen LogP contribution in [0.4, 0.5) is 0 Å². The summed E-state index contributed by atoms with van der Waals surface area (Å²) >= 11 is 0. The molecule has 0 aromatic heterocycles. The molecular formula is C11H21NO4. The van der Waals surface area contributed by atoms with E-state index >= 15 is 0 Å². The first-order valence-electron chi connectivity index (χ1n) is 5.57. The van der Waals surface area contributed by atoms with E-state index < -0.39 is 12.0 Å². The molecule has 0 heterocycles. The predicted molar refractivity (Wildman–Crippen MR) is 60.1 cm³/mol.